The third kappa shape index (κ3) is 4.28. The molecule has 2 N–H and O–H groups in total. The summed E-state index contributed by atoms with van der Waals surface area (Å²) in [5, 5.41) is 17.4. The van der Waals surface area contributed by atoms with Gasteiger partial charge in [-0.25, -0.2) is 4.98 Å². The molecule has 20 heavy (non-hydrogen) atoms. The van der Waals surface area contributed by atoms with Gasteiger partial charge in [-0.2, -0.15) is 5.10 Å². The second kappa shape index (κ2) is 7.18. The van der Waals surface area contributed by atoms with Crippen LogP contribution in [0.5, 0.6) is 0 Å². The minimum atomic E-state index is -0.130. The molecule has 1 aliphatic rings. The minimum Gasteiger partial charge on any atom is -0.393 e. The molecule has 0 bridgehead atoms. The summed E-state index contributed by atoms with van der Waals surface area (Å²) >= 11 is 0. The van der Waals surface area contributed by atoms with Crippen LogP contribution >= 0.6 is 0 Å². The largest absolute Gasteiger partial charge is 0.393 e. The highest BCUT2D eigenvalue weighted by Gasteiger charge is 2.26. The van der Waals surface area contributed by atoms with Crippen molar-refractivity contribution >= 4 is 0 Å². The molecule has 2 rings (SSSR count). The number of aliphatic hydroxyl groups is 1. The van der Waals surface area contributed by atoms with E-state index in [0.717, 1.165) is 57.0 Å². The zero-order valence-corrected chi connectivity index (χ0v) is 13.0. The molecule has 0 aromatic carbocycles. The molecule has 1 saturated heterocycles. The highest BCUT2D eigenvalue weighted by atomic mass is 16.3. The predicted molar refractivity (Wildman–Crippen MR) is 79.2 cm³/mol. The van der Waals surface area contributed by atoms with Crippen LogP contribution in [0.2, 0.25) is 0 Å². The second-order valence-electron chi connectivity index (χ2n) is 6.36. The van der Waals surface area contributed by atoms with Crippen LogP contribution in [0.15, 0.2) is 0 Å². The number of aliphatic hydroxyl groups excluding tert-OH is 1. The maximum Gasteiger partial charge on any atom is 0.150 e. The van der Waals surface area contributed by atoms with Gasteiger partial charge in [0, 0.05) is 6.42 Å². The second-order valence-corrected chi connectivity index (χ2v) is 6.36. The lowest BCUT2D eigenvalue weighted by molar-refractivity contribution is 0.0431. The van der Waals surface area contributed by atoms with E-state index in [0.29, 0.717) is 11.8 Å². The average molecular weight is 280 g/mol. The molecule has 0 saturated carbocycles. The number of aromatic amines is 1. The maximum absolute atomic E-state index is 10.2. The number of nitrogens with zero attached hydrogens (tertiary/aromatic N) is 3. The third-order valence-electron chi connectivity index (χ3n) is 4.16. The van der Waals surface area contributed by atoms with Gasteiger partial charge in [0.1, 0.15) is 11.6 Å². The Labute approximate surface area is 121 Å². The molecule has 1 unspecified atom stereocenters. The molecule has 1 atom stereocenters. The zero-order valence-electron chi connectivity index (χ0n) is 13.0. The number of likely N-dealkylation sites (tertiary alicyclic amines) is 1. The van der Waals surface area contributed by atoms with Gasteiger partial charge >= 0.3 is 0 Å². The summed E-state index contributed by atoms with van der Waals surface area (Å²) in [6.45, 7) is 9.35. The third-order valence-corrected chi connectivity index (χ3v) is 4.16. The fourth-order valence-corrected chi connectivity index (χ4v) is 2.95. The van der Waals surface area contributed by atoms with E-state index in [-0.39, 0.29) is 6.10 Å². The Hall–Kier alpha value is -0.940. The molecule has 0 spiro atoms. The Kier molecular flexibility index (Phi) is 5.54. The fraction of sp³-hybridized carbons (Fsp3) is 0.867. The number of hydrogen-bond donors (Lipinski definition) is 2. The fourth-order valence-electron chi connectivity index (χ4n) is 2.95. The van der Waals surface area contributed by atoms with E-state index in [2.05, 4.69) is 40.9 Å². The van der Waals surface area contributed by atoms with Gasteiger partial charge < -0.3 is 5.11 Å². The first-order chi connectivity index (χ1) is 9.58. The van der Waals surface area contributed by atoms with Crippen LogP contribution in [-0.2, 0) is 13.0 Å². The van der Waals surface area contributed by atoms with Crippen molar-refractivity contribution in [3.05, 3.63) is 11.6 Å². The Bertz CT molecular complexity index is 396. The summed E-state index contributed by atoms with van der Waals surface area (Å²) in [5.74, 6) is 2.89. The molecule has 1 aliphatic heterocycles. The topological polar surface area (TPSA) is 65.0 Å². The highest BCUT2D eigenvalue weighted by Crippen LogP contribution is 2.24. The molecule has 5 heteroatoms. The lowest BCUT2D eigenvalue weighted by Gasteiger charge is -2.34. The number of piperidine rings is 1. The summed E-state index contributed by atoms with van der Waals surface area (Å²) in [5.41, 5.74) is 0. The standard InChI is InChI=1S/C15H28N4O/c1-4-14-16-15(18-17-14)10-19-7-5-12(6-8-19)13(20)9-11(2)3/h11-13,20H,4-10H2,1-3H3,(H,16,17,18). The molecule has 0 amide bonds. The molecule has 114 valence electrons. The predicted octanol–water partition coefficient (Wildman–Crippen LogP) is 1.99. The monoisotopic (exact) mass is 280 g/mol. The van der Waals surface area contributed by atoms with Gasteiger partial charge in [-0.1, -0.05) is 20.8 Å². The smallest absolute Gasteiger partial charge is 0.150 e. The van der Waals surface area contributed by atoms with Crippen LogP contribution in [0.4, 0.5) is 0 Å². The lowest BCUT2D eigenvalue weighted by atomic mass is 9.87. The molecular weight excluding hydrogens is 252 g/mol. The maximum atomic E-state index is 10.2. The zero-order chi connectivity index (χ0) is 14.5. The number of aromatic nitrogens is 3. The number of aryl methyl sites for hydroxylation is 1. The molecule has 0 aliphatic carbocycles. The van der Waals surface area contributed by atoms with Crippen LogP contribution in [0.3, 0.4) is 0 Å². The van der Waals surface area contributed by atoms with Crippen molar-refractivity contribution < 1.29 is 5.11 Å². The van der Waals surface area contributed by atoms with Gasteiger partial charge in [-0.15, -0.1) is 0 Å². The van der Waals surface area contributed by atoms with Gasteiger partial charge in [-0.05, 0) is 44.2 Å². The SMILES string of the molecule is CCc1n[nH]c(CN2CCC(C(O)CC(C)C)CC2)n1. The van der Waals surface area contributed by atoms with E-state index in [1.165, 1.54) is 0 Å². The van der Waals surface area contributed by atoms with Gasteiger partial charge in [0.25, 0.3) is 0 Å². The molecule has 2 heterocycles. The summed E-state index contributed by atoms with van der Waals surface area (Å²) in [7, 11) is 0. The van der Waals surface area contributed by atoms with E-state index >= 15 is 0 Å². The van der Waals surface area contributed by atoms with Crippen LogP contribution in [0.25, 0.3) is 0 Å². The van der Waals surface area contributed by atoms with Crippen LogP contribution < -0.4 is 0 Å². The Morgan fingerprint density at radius 2 is 2.05 bits per heavy atom. The number of rotatable bonds is 6. The molecule has 1 aromatic heterocycles. The quantitative estimate of drug-likeness (QED) is 0.836. The number of hydrogen-bond acceptors (Lipinski definition) is 4. The summed E-state index contributed by atoms with van der Waals surface area (Å²) in [4.78, 5) is 6.86. The van der Waals surface area contributed by atoms with E-state index in [1.807, 2.05) is 0 Å². The summed E-state index contributed by atoms with van der Waals surface area (Å²) in [6.07, 6.45) is 3.84. The van der Waals surface area contributed by atoms with Crippen molar-refractivity contribution in [1.82, 2.24) is 20.1 Å². The first-order valence-corrected chi connectivity index (χ1v) is 7.89. The Balaban J connectivity index is 1.76. The lowest BCUT2D eigenvalue weighted by Crippen LogP contribution is -2.38. The van der Waals surface area contributed by atoms with Gasteiger partial charge in [0.2, 0.25) is 0 Å². The normalized spacial score (nSPS) is 19.6. The van der Waals surface area contributed by atoms with E-state index in [4.69, 9.17) is 0 Å². The van der Waals surface area contributed by atoms with Crippen LogP contribution in [0, 0.1) is 11.8 Å². The molecule has 1 aromatic rings. The molecular formula is C15H28N4O. The molecule has 0 radical (unpaired) electrons. The van der Waals surface area contributed by atoms with E-state index < -0.39 is 0 Å². The summed E-state index contributed by atoms with van der Waals surface area (Å²) in [6, 6.07) is 0. The van der Waals surface area contributed by atoms with Crippen LogP contribution in [-0.4, -0.2) is 44.4 Å². The Morgan fingerprint density at radius 1 is 1.35 bits per heavy atom. The van der Waals surface area contributed by atoms with E-state index in [9.17, 15) is 5.11 Å². The first-order valence-electron chi connectivity index (χ1n) is 7.89. The van der Waals surface area contributed by atoms with Crippen molar-refractivity contribution in [3.63, 3.8) is 0 Å². The van der Waals surface area contributed by atoms with Crippen molar-refractivity contribution in [2.75, 3.05) is 13.1 Å². The average Bonchev–Trinajstić information content (AvgIpc) is 2.86. The minimum absolute atomic E-state index is 0.130. The summed E-state index contributed by atoms with van der Waals surface area (Å²) < 4.78 is 0. The first kappa shape index (κ1) is 15.4. The van der Waals surface area contributed by atoms with E-state index in [1.54, 1.807) is 0 Å². The van der Waals surface area contributed by atoms with Gasteiger partial charge in [0.05, 0.1) is 12.6 Å². The van der Waals surface area contributed by atoms with Crippen molar-refractivity contribution in [2.45, 2.75) is 59.1 Å². The van der Waals surface area contributed by atoms with Crippen molar-refractivity contribution in [1.29, 1.82) is 0 Å². The Morgan fingerprint density at radius 3 is 2.60 bits per heavy atom. The van der Waals surface area contributed by atoms with Gasteiger partial charge in [0.15, 0.2) is 0 Å². The molecule has 5 nitrogen and oxygen atoms in total. The van der Waals surface area contributed by atoms with Crippen molar-refractivity contribution in [3.8, 4) is 0 Å². The number of H-pyrrole nitrogens is 1. The highest BCUT2D eigenvalue weighted by molar-refractivity contribution is 4.90. The van der Waals surface area contributed by atoms with Crippen LogP contribution in [0.1, 0.15) is 51.7 Å². The molecule has 1 fully saturated rings. The van der Waals surface area contributed by atoms with Crippen molar-refractivity contribution in [2.24, 2.45) is 11.8 Å². The van der Waals surface area contributed by atoms with Gasteiger partial charge in [-0.3, -0.25) is 10.00 Å². The number of nitrogens with one attached hydrogen (secondary N) is 1.